The Morgan fingerprint density at radius 1 is 1.18 bits per heavy atom. The minimum absolute atomic E-state index is 0.0704. The van der Waals surface area contributed by atoms with Crippen LogP contribution in [0.3, 0.4) is 0 Å². The highest BCUT2D eigenvalue weighted by atomic mass is 16.5. The van der Waals surface area contributed by atoms with E-state index in [1.54, 1.807) is 7.11 Å². The molecule has 0 bridgehead atoms. The van der Waals surface area contributed by atoms with E-state index in [2.05, 4.69) is 0 Å². The van der Waals surface area contributed by atoms with Gasteiger partial charge in [0, 0.05) is 20.1 Å². The average Bonchev–Trinajstić information content (AvgIpc) is 2.56. The Morgan fingerprint density at radius 3 is 2.59 bits per heavy atom. The molecule has 2 rings (SSSR count). The van der Waals surface area contributed by atoms with Gasteiger partial charge in [0.05, 0.1) is 20.3 Å². The van der Waals surface area contributed by atoms with Crippen LogP contribution in [0.1, 0.15) is 11.1 Å². The van der Waals surface area contributed by atoms with Crippen molar-refractivity contribution in [1.82, 2.24) is 4.90 Å². The molecular weight excluding hydrogens is 286 g/mol. The first-order valence-electron chi connectivity index (χ1n) is 7.18. The molecular formula is C16H21NO5. The summed E-state index contributed by atoms with van der Waals surface area (Å²) >= 11 is 0. The van der Waals surface area contributed by atoms with Crippen LogP contribution in [0.2, 0.25) is 0 Å². The van der Waals surface area contributed by atoms with E-state index in [0.29, 0.717) is 26.2 Å². The summed E-state index contributed by atoms with van der Waals surface area (Å²) in [5.74, 6) is -0.624. The van der Waals surface area contributed by atoms with Crippen molar-refractivity contribution < 1.29 is 23.8 Å². The average molecular weight is 307 g/mol. The summed E-state index contributed by atoms with van der Waals surface area (Å²) in [5, 5.41) is 0. The number of hydrogen-bond donors (Lipinski definition) is 0. The number of methoxy groups -OCH3 is 2. The zero-order chi connectivity index (χ0) is 15.9. The van der Waals surface area contributed by atoms with Gasteiger partial charge in [-0.15, -0.1) is 0 Å². The number of carbonyl (C=O) groups is 2. The molecule has 0 saturated heterocycles. The third kappa shape index (κ3) is 3.84. The minimum atomic E-state index is -0.599. The number of nitrogens with zero attached hydrogens (tertiary/aromatic N) is 1. The first-order valence-corrected chi connectivity index (χ1v) is 7.18. The largest absolute Gasteiger partial charge is 0.467 e. The van der Waals surface area contributed by atoms with Crippen LogP contribution in [-0.2, 0) is 36.8 Å². The molecule has 1 aromatic rings. The monoisotopic (exact) mass is 307 g/mol. The molecule has 22 heavy (non-hydrogen) atoms. The zero-order valence-electron chi connectivity index (χ0n) is 12.9. The number of rotatable bonds is 6. The maximum atomic E-state index is 12.4. The van der Waals surface area contributed by atoms with Crippen LogP contribution < -0.4 is 0 Å². The van der Waals surface area contributed by atoms with Gasteiger partial charge in [0.1, 0.15) is 12.6 Å². The van der Waals surface area contributed by atoms with Gasteiger partial charge >= 0.3 is 5.97 Å². The highest BCUT2D eigenvalue weighted by Gasteiger charge is 2.35. The number of amides is 1. The second kappa shape index (κ2) is 7.91. The Morgan fingerprint density at radius 2 is 1.91 bits per heavy atom. The molecule has 0 radical (unpaired) electrons. The Balaban J connectivity index is 2.09. The summed E-state index contributed by atoms with van der Waals surface area (Å²) in [5.41, 5.74) is 2.12. The van der Waals surface area contributed by atoms with Gasteiger partial charge in [-0.05, 0) is 11.1 Å². The van der Waals surface area contributed by atoms with Crippen LogP contribution >= 0.6 is 0 Å². The van der Waals surface area contributed by atoms with Gasteiger partial charge in [-0.3, -0.25) is 4.79 Å². The fourth-order valence-electron chi connectivity index (χ4n) is 2.52. The predicted molar refractivity (Wildman–Crippen MR) is 79.2 cm³/mol. The molecule has 1 amide bonds. The third-order valence-corrected chi connectivity index (χ3v) is 3.70. The summed E-state index contributed by atoms with van der Waals surface area (Å²) in [6, 6.07) is 7.20. The minimum Gasteiger partial charge on any atom is -0.467 e. The van der Waals surface area contributed by atoms with E-state index in [0.717, 1.165) is 11.1 Å². The smallest absolute Gasteiger partial charge is 0.328 e. The van der Waals surface area contributed by atoms with Gasteiger partial charge in [-0.1, -0.05) is 24.3 Å². The van der Waals surface area contributed by atoms with Crippen LogP contribution in [0, 0.1) is 0 Å². The molecule has 1 heterocycles. The number of esters is 1. The molecule has 0 aromatic heterocycles. The number of ether oxygens (including phenoxy) is 3. The van der Waals surface area contributed by atoms with E-state index < -0.39 is 12.0 Å². The Bertz CT molecular complexity index is 531. The van der Waals surface area contributed by atoms with Gasteiger partial charge in [0.15, 0.2) is 0 Å². The fourth-order valence-corrected chi connectivity index (χ4v) is 2.52. The quantitative estimate of drug-likeness (QED) is 0.574. The van der Waals surface area contributed by atoms with E-state index in [-0.39, 0.29) is 12.5 Å². The molecule has 120 valence electrons. The van der Waals surface area contributed by atoms with Gasteiger partial charge in [-0.2, -0.15) is 0 Å². The van der Waals surface area contributed by atoms with Crippen molar-refractivity contribution >= 4 is 11.9 Å². The molecule has 6 heteroatoms. The van der Waals surface area contributed by atoms with E-state index in [9.17, 15) is 9.59 Å². The summed E-state index contributed by atoms with van der Waals surface area (Å²) in [4.78, 5) is 25.9. The van der Waals surface area contributed by atoms with E-state index in [1.807, 2.05) is 24.3 Å². The van der Waals surface area contributed by atoms with Crippen molar-refractivity contribution in [3.05, 3.63) is 35.4 Å². The molecule has 1 atom stereocenters. The molecule has 0 spiro atoms. The lowest BCUT2D eigenvalue weighted by Gasteiger charge is -2.35. The van der Waals surface area contributed by atoms with Crippen molar-refractivity contribution in [2.24, 2.45) is 0 Å². The maximum absolute atomic E-state index is 12.4. The molecule has 0 N–H and O–H groups in total. The van der Waals surface area contributed by atoms with E-state index in [4.69, 9.17) is 14.2 Å². The van der Waals surface area contributed by atoms with Crippen molar-refractivity contribution in [1.29, 1.82) is 0 Å². The van der Waals surface area contributed by atoms with Crippen molar-refractivity contribution in [3.63, 3.8) is 0 Å². The lowest BCUT2D eigenvalue weighted by molar-refractivity contribution is -0.156. The fraction of sp³-hybridized carbons (Fsp3) is 0.500. The second-order valence-electron chi connectivity index (χ2n) is 5.08. The molecule has 1 aromatic carbocycles. The summed E-state index contributed by atoms with van der Waals surface area (Å²) in [7, 11) is 2.90. The Hall–Kier alpha value is -1.92. The zero-order valence-corrected chi connectivity index (χ0v) is 12.9. The SMILES string of the molecule is COCCOCC(=O)N1Cc2ccccc2C[C@H]1C(=O)OC. The maximum Gasteiger partial charge on any atom is 0.328 e. The molecule has 0 saturated carbocycles. The van der Waals surface area contributed by atoms with Crippen LogP contribution in [0.25, 0.3) is 0 Å². The molecule has 1 aliphatic rings. The third-order valence-electron chi connectivity index (χ3n) is 3.70. The molecule has 0 fully saturated rings. The molecule has 0 aliphatic carbocycles. The Kier molecular flexibility index (Phi) is 5.91. The lowest BCUT2D eigenvalue weighted by Crippen LogP contribution is -2.50. The summed E-state index contributed by atoms with van der Waals surface area (Å²) < 4.78 is 15.0. The normalized spacial score (nSPS) is 17.0. The van der Waals surface area contributed by atoms with Crippen LogP contribution in [0.5, 0.6) is 0 Å². The topological polar surface area (TPSA) is 65.1 Å². The van der Waals surface area contributed by atoms with Crippen LogP contribution in [-0.4, -0.2) is 56.9 Å². The first kappa shape index (κ1) is 16.5. The summed E-state index contributed by atoms with van der Waals surface area (Å²) in [6.45, 7) is 1.09. The van der Waals surface area contributed by atoms with Crippen molar-refractivity contribution in [2.75, 3.05) is 34.0 Å². The Labute approximate surface area is 129 Å². The second-order valence-corrected chi connectivity index (χ2v) is 5.08. The lowest BCUT2D eigenvalue weighted by atomic mass is 9.94. The first-order chi connectivity index (χ1) is 10.7. The predicted octanol–water partition coefficient (Wildman–Crippen LogP) is 0.776. The van der Waals surface area contributed by atoms with Crippen molar-refractivity contribution in [3.8, 4) is 0 Å². The van der Waals surface area contributed by atoms with Gasteiger partial charge in [0.25, 0.3) is 0 Å². The van der Waals surface area contributed by atoms with Gasteiger partial charge < -0.3 is 19.1 Å². The van der Waals surface area contributed by atoms with Gasteiger partial charge in [-0.25, -0.2) is 4.79 Å². The molecule has 1 aliphatic heterocycles. The van der Waals surface area contributed by atoms with E-state index >= 15 is 0 Å². The molecule has 0 unspecified atom stereocenters. The highest BCUT2D eigenvalue weighted by Crippen LogP contribution is 2.24. The summed E-state index contributed by atoms with van der Waals surface area (Å²) in [6.07, 6.45) is 0.465. The standard InChI is InChI=1S/C16H21NO5/c1-20-7-8-22-11-15(18)17-10-13-6-4-3-5-12(13)9-14(17)16(19)21-2/h3-6,14H,7-11H2,1-2H3/t14-/m0/s1. The number of carbonyl (C=O) groups excluding carboxylic acids is 2. The number of benzene rings is 1. The van der Waals surface area contributed by atoms with Crippen molar-refractivity contribution in [2.45, 2.75) is 19.0 Å². The highest BCUT2D eigenvalue weighted by molar-refractivity contribution is 5.86. The van der Waals surface area contributed by atoms with E-state index in [1.165, 1.54) is 12.0 Å². The van der Waals surface area contributed by atoms with Crippen LogP contribution in [0.4, 0.5) is 0 Å². The molecule has 6 nitrogen and oxygen atoms in total. The van der Waals surface area contributed by atoms with Crippen LogP contribution in [0.15, 0.2) is 24.3 Å². The van der Waals surface area contributed by atoms with Gasteiger partial charge in [0.2, 0.25) is 5.91 Å². The number of hydrogen-bond acceptors (Lipinski definition) is 5. The number of fused-ring (bicyclic) bond motifs is 1.